The van der Waals surface area contributed by atoms with Crippen molar-refractivity contribution in [1.82, 2.24) is 0 Å². The van der Waals surface area contributed by atoms with Gasteiger partial charge in [-0.2, -0.15) is 0 Å². The molecule has 0 aromatic heterocycles. The zero-order valence-corrected chi connectivity index (χ0v) is 15.0. The summed E-state index contributed by atoms with van der Waals surface area (Å²) in [6.45, 7) is 6.53. The third-order valence-electron chi connectivity index (χ3n) is 4.38. The van der Waals surface area contributed by atoms with Crippen LogP contribution in [-0.2, 0) is 12.8 Å². The van der Waals surface area contributed by atoms with Gasteiger partial charge in [0.1, 0.15) is 5.75 Å². The van der Waals surface area contributed by atoms with Crippen LogP contribution in [0.15, 0.2) is 12.1 Å². The summed E-state index contributed by atoms with van der Waals surface area (Å²) in [7, 11) is 0. The Morgan fingerprint density at radius 2 is 1.48 bits per heavy atom. The Balaban J connectivity index is 2.90. The standard InChI is InChI=1S/C20H32O3/c1-4-6-8-10-12-17-16(3)14-15-19(23-20(21)22)18(17)13-11-9-7-5-2/h14-15H,4-13H2,1-3H3,(H,21,22). The Bertz CT molecular complexity index is 480. The maximum atomic E-state index is 11.0. The lowest BCUT2D eigenvalue weighted by Crippen LogP contribution is -2.08. The van der Waals surface area contributed by atoms with Gasteiger partial charge < -0.3 is 9.84 Å². The highest BCUT2D eigenvalue weighted by molar-refractivity contribution is 5.63. The molecule has 23 heavy (non-hydrogen) atoms. The molecular formula is C20H32O3. The number of benzene rings is 1. The van der Waals surface area contributed by atoms with Crippen molar-refractivity contribution in [3.63, 3.8) is 0 Å². The largest absolute Gasteiger partial charge is 0.511 e. The van der Waals surface area contributed by atoms with E-state index in [0.717, 1.165) is 31.2 Å². The molecule has 1 rings (SSSR count). The van der Waals surface area contributed by atoms with Gasteiger partial charge in [0.15, 0.2) is 0 Å². The van der Waals surface area contributed by atoms with E-state index in [9.17, 15) is 4.79 Å². The van der Waals surface area contributed by atoms with E-state index in [1.165, 1.54) is 49.7 Å². The van der Waals surface area contributed by atoms with Crippen LogP contribution in [0.5, 0.6) is 5.75 Å². The van der Waals surface area contributed by atoms with Crippen molar-refractivity contribution in [2.75, 3.05) is 0 Å². The first-order valence-electron chi connectivity index (χ1n) is 9.12. The van der Waals surface area contributed by atoms with E-state index in [4.69, 9.17) is 9.84 Å². The third kappa shape index (κ3) is 7.06. The second kappa shape index (κ2) is 11.1. The fourth-order valence-electron chi connectivity index (χ4n) is 3.06. The van der Waals surface area contributed by atoms with Gasteiger partial charge >= 0.3 is 6.16 Å². The quantitative estimate of drug-likeness (QED) is 0.296. The van der Waals surface area contributed by atoms with Crippen LogP contribution < -0.4 is 4.74 Å². The Kier molecular flexibility index (Phi) is 9.42. The van der Waals surface area contributed by atoms with Gasteiger partial charge in [-0.3, -0.25) is 0 Å². The maximum absolute atomic E-state index is 11.0. The molecule has 0 aliphatic carbocycles. The van der Waals surface area contributed by atoms with Crippen molar-refractivity contribution >= 4 is 6.16 Å². The minimum atomic E-state index is -1.22. The molecule has 130 valence electrons. The molecular weight excluding hydrogens is 288 g/mol. The molecule has 0 radical (unpaired) electrons. The molecule has 0 saturated carbocycles. The van der Waals surface area contributed by atoms with E-state index in [0.29, 0.717) is 5.75 Å². The zero-order valence-electron chi connectivity index (χ0n) is 15.0. The van der Waals surface area contributed by atoms with Gasteiger partial charge in [-0.15, -0.1) is 0 Å². The van der Waals surface area contributed by atoms with Crippen LogP contribution in [0.25, 0.3) is 0 Å². The maximum Gasteiger partial charge on any atom is 0.511 e. The normalized spacial score (nSPS) is 10.7. The summed E-state index contributed by atoms with van der Waals surface area (Å²) in [5.41, 5.74) is 3.67. The lowest BCUT2D eigenvalue weighted by molar-refractivity contribution is 0.144. The van der Waals surface area contributed by atoms with Gasteiger partial charge in [0.05, 0.1) is 0 Å². The van der Waals surface area contributed by atoms with Gasteiger partial charge in [-0.1, -0.05) is 58.4 Å². The molecule has 0 unspecified atom stereocenters. The van der Waals surface area contributed by atoms with Gasteiger partial charge in [0.2, 0.25) is 0 Å². The van der Waals surface area contributed by atoms with Gasteiger partial charge in [0.25, 0.3) is 0 Å². The number of unbranched alkanes of at least 4 members (excludes halogenated alkanes) is 6. The summed E-state index contributed by atoms with van der Waals surface area (Å²) < 4.78 is 5.04. The highest BCUT2D eigenvalue weighted by Gasteiger charge is 2.14. The van der Waals surface area contributed by atoms with Gasteiger partial charge in [-0.05, 0) is 55.4 Å². The molecule has 3 nitrogen and oxygen atoms in total. The second-order valence-corrected chi connectivity index (χ2v) is 6.33. The fraction of sp³-hybridized carbons (Fsp3) is 0.650. The number of hydrogen-bond donors (Lipinski definition) is 1. The van der Waals surface area contributed by atoms with Crippen LogP contribution in [-0.4, -0.2) is 11.3 Å². The number of carbonyl (C=O) groups is 1. The fourth-order valence-corrected chi connectivity index (χ4v) is 3.06. The Labute approximate surface area is 141 Å². The van der Waals surface area contributed by atoms with Crippen LogP contribution >= 0.6 is 0 Å². The van der Waals surface area contributed by atoms with Crippen molar-refractivity contribution in [2.45, 2.75) is 85.0 Å². The Morgan fingerprint density at radius 3 is 2.00 bits per heavy atom. The van der Waals surface area contributed by atoms with Crippen molar-refractivity contribution in [1.29, 1.82) is 0 Å². The average molecular weight is 320 g/mol. The van der Waals surface area contributed by atoms with E-state index in [2.05, 4.69) is 20.8 Å². The molecule has 1 aromatic rings. The van der Waals surface area contributed by atoms with E-state index >= 15 is 0 Å². The zero-order chi connectivity index (χ0) is 17.1. The molecule has 3 heteroatoms. The van der Waals surface area contributed by atoms with E-state index < -0.39 is 6.16 Å². The molecule has 1 N–H and O–H groups in total. The lowest BCUT2D eigenvalue weighted by atomic mass is 9.92. The first kappa shape index (κ1) is 19.5. The van der Waals surface area contributed by atoms with Crippen LogP contribution in [0.3, 0.4) is 0 Å². The van der Waals surface area contributed by atoms with E-state index in [-0.39, 0.29) is 0 Å². The average Bonchev–Trinajstić information content (AvgIpc) is 2.51. The highest BCUT2D eigenvalue weighted by Crippen LogP contribution is 2.29. The monoisotopic (exact) mass is 320 g/mol. The molecule has 0 atom stereocenters. The van der Waals surface area contributed by atoms with Crippen molar-refractivity contribution in [3.8, 4) is 5.75 Å². The topological polar surface area (TPSA) is 46.5 Å². The van der Waals surface area contributed by atoms with Gasteiger partial charge in [-0.25, -0.2) is 4.79 Å². The second-order valence-electron chi connectivity index (χ2n) is 6.33. The summed E-state index contributed by atoms with van der Waals surface area (Å²) in [6, 6.07) is 3.80. The summed E-state index contributed by atoms with van der Waals surface area (Å²) in [6.07, 6.45) is 10.3. The third-order valence-corrected chi connectivity index (χ3v) is 4.38. The molecule has 0 amide bonds. The summed E-state index contributed by atoms with van der Waals surface area (Å²) in [4.78, 5) is 11.0. The van der Waals surface area contributed by atoms with Crippen molar-refractivity contribution in [2.24, 2.45) is 0 Å². The van der Waals surface area contributed by atoms with Gasteiger partial charge in [0, 0.05) is 0 Å². The minimum Gasteiger partial charge on any atom is -0.449 e. The van der Waals surface area contributed by atoms with Crippen LogP contribution in [0.2, 0.25) is 0 Å². The summed E-state index contributed by atoms with van der Waals surface area (Å²) in [5.74, 6) is 0.532. The smallest absolute Gasteiger partial charge is 0.449 e. The van der Waals surface area contributed by atoms with Crippen LogP contribution in [0.1, 0.15) is 81.9 Å². The Morgan fingerprint density at radius 1 is 0.913 bits per heavy atom. The minimum absolute atomic E-state index is 0.532. The molecule has 0 bridgehead atoms. The van der Waals surface area contributed by atoms with E-state index in [1.807, 2.05) is 12.1 Å². The molecule has 0 spiro atoms. The number of ether oxygens (including phenoxy) is 1. The van der Waals surface area contributed by atoms with E-state index in [1.54, 1.807) is 0 Å². The predicted octanol–water partition coefficient (Wildman–Crippen LogP) is 6.30. The number of hydrogen-bond acceptors (Lipinski definition) is 2. The molecule has 0 saturated heterocycles. The molecule has 0 heterocycles. The lowest BCUT2D eigenvalue weighted by Gasteiger charge is -2.16. The SMILES string of the molecule is CCCCCCc1c(C)ccc(OC(=O)O)c1CCCCCC. The first-order chi connectivity index (χ1) is 11.1. The number of rotatable bonds is 11. The molecule has 0 fully saturated rings. The van der Waals surface area contributed by atoms with Crippen molar-refractivity contribution < 1.29 is 14.6 Å². The highest BCUT2D eigenvalue weighted by atomic mass is 16.7. The predicted molar refractivity (Wildman–Crippen MR) is 95.5 cm³/mol. The van der Waals surface area contributed by atoms with Crippen molar-refractivity contribution in [3.05, 3.63) is 28.8 Å². The van der Waals surface area contributed by atoms with Crippen LogP contribution in [0, 0.1) is 6.92 Å². The number of carboxylic acid groups (broad SMARTS) is 1. The molecule has 0 aliphatic heterocycles. The summed E-state index contributed by atoms with van der Waals surface area (Å²) >= 11 is 0. The first-order valence-corrected chi connectivity index (χ1v) is 9.12. The molecule has 0 aliphatic rings. The molecule has 1 aromatic carbocycles. The number of aryl methyl sites for hydroxylation is 1. The Hall–Kier alpha value is -1.51. The van der Waals surface area contributed by atoms with Crippen LogP contribution in [0.4, 0.5) is 4.79 Å². The summed E-state index contributed by atoms with van der Waals surface area (Å²) in [5, 5.41) is 8.99.